The second-order valence-electron chi connectivity index (χ2n) is 5.07. The largest absolute Gasteiger partial charge is 0.452 e. The molecule has 0 aliphatic carbocycles. The van der Waals surface area contributed by atoms with Gasteiger partial charge in [-0.2, -0.15) is 0 Å². The van der Waals surface area contributed by atoms with Crippen molar-refractivity contribution < 1.29 is 19.1 Å². The van der Waals surface area contributed by atoms with Gasteiger partial charge in [0.25, 0.3) is 11.8 Å². The van der Waals surface area contributed by atoms with Crippen LogP contribution < -0.4 is 10.6 Å². The first kappa shape index (κ1) is 18.5. The lowest BCUT2D eigenvalue weighted by Gasteiger charge is -2.08. The maximum atomic E-state index is 11.9. The average Bonchev–Trinajstić information content (AvgIpc) is 2.61. The zero-order valence-electron chi connectivity index (χ0n) is 13.5. The molecular formula is C18H17ClN2O4. The predicted octanol–water partition coefficient (Wildman–Crippen LogP) is 2.89. The van der Waals surface area contributed by atoms with Crippen molar-refractivity contribution in [3.05, 3.63) is 64.7 Å². The fourth-order valence-electron chi connectivity index (χ4n) is 2.00. The summed E-state index contributed by atoms with van der Waals surface area (Å²) in [6.07, 6.45) is 0. The van der Waals surface area contributed by atoms with E-state index in [2.05, 4.69) is 10.6 Å². The number of ether oxygens (including phenoxy) is 1. The Bertz CT molecular complexity index is 775. The highest BCUT2D eigenvalue weighted by molar-refractivity contribution is 6.30. The Morgan fingerprint density at radius 1 is 1.04 bits per heavy atom. The van der Waals surface area contributed by atoms with Crippen LogP contribution in [0.25, 0.3) is 0 Å². The van der Waals surface area contributed by atoms with Gasteiger partial charge in [0.05, 0.1) is 5.56 Å². The number of anilines is 1. The van der Waals surface area contributed by atoms with Crippen molar-refractivity contribution in [2.75, 3.05) is 18.5 Å². The van der Waals surface area contributed by atoms with Gasteiger partial charge in [-0.15, -0.1) is 0 Å². The Kier molecular flexibility index (Phi) is 6.54. The molecule has 0 saturated heterocycles. The lowest BCUT2D eigenvalue weighted by molar-refractivity contribution is -0.119. The van der Waals surface area contributed by atoms with E-state index >= 15 is 0 Å². The molecule has 2 N–H and O–H groups in total. The molecule has 2 aromatic carbocycles. The minimum absolute atomic E-state index is 0.229. The van der Waals surface area contributed by atoms with Gasteiger partial charge in [-0.1, -0.05) is 17.7 Å². The standard InChI is InChI=1S/C18H17ClN2O4/c1-2-20-17(23)13-4-3-5-15(10-13)21-16(22)11-25-18(24)12-6-8-14(19)9-7-12/h3-10H,2,11H2,1H3,(H,20,23)(H,21,22). The fourth-order valence-corrected chi connectivity index (χ4v) is 2.12. The minimum Gasteiger partial charge on any atom is -0.452 e. The van der Waals surface area contributed by atoms with Gasteiger partial charge >= 0.3 is 5.97 Å². The van der Waals surface area contributed by atoms with Crippen LogP contribution in [0, 0.1) is 0 Å². The molecule has 0 aliphatic heterocycles. The van der Waals surface area contributed by atoms with Gasteiger partial charge in [0.2, 0.25) is 0 Å². The smallest absolute Gasteiger partial charge is 0.338 e. The van der Waals surface area contributed by atoms with E-state index in [1.807, 2.05) is 6.92 Å². The fraction of sp³-hybridized carbons (Fsp3) is 0.167. The molecule has 0 fully saturated rings. The molecule has 6 nitrogen and oxygen atoms in total. The van der Waals surface area contributed by atoms with Gasteiger partial charge in [-0.05, 0) is 49.4 Å². The summed E-state index contributed by atoms with van der Waals surface area (Å²) >= 11 is 5.74. The van der Waals surface area contributed by atoms with Crippen molar-refractivity contribution in [3.63, 3.8) is 0 Å². The summed E-state index contributed by atoms with van der Waals surface area (Å²) in [5.41, 5.74) is 1.17. The number of hydrogen-bond acceptors (Lipinski definition) is 4. The Balaban J connectivity index is 1.90. The Morgan fingerprint density at radius 3 is 2.44 bits per heavy atom. The molecule has 0 bridgehead atoms. The molecule has 2 rings (SSSR count). The van der Waals surface area contributed by atoms with Crippen LogP contribution in [0.15, 0.2) is 48.5 Å². The second-order valence-corrected chi connectivity index (χ2v) is 5.51. The third kappa shape index (κ3) is 5.61. The molecular weight excluding hydrogens is 344 g/mol. The Labute approximate surface area is 150 Å². The lowest BCUT2D eigenvalue weighted by atomic mass is 10.2. The van der Waals surface area contributed by atoms with Gasteiger partial charge in [-0.3, -0.25) is 9.59 Å². The average molecular weight is 361 g/mol. The Morgan fingerprint density at radius 2 is 1.76 bits per heavy atom. The molecule has 7 heteroatoms. The summed E-state index contributed by atoms with van der Waals surface area (Å²) in [6.45, 7) is 1.89. The van der Waals surface area contributed by atoms with Crippen LogP contribution in [0.2, 0.25) is 5.02 Å². The molecule has 0 spiro atoms. The van der Waals surface area contributed by atoms with E-state index in [0.29, 0.717) is 28.4 Å². The molecule has 0 heterocycles. The number of esters is 1. The Hall–Kier alpha value is -2.86. The van der Waals surface area contributed by atoms with E-state index in [1.54, 1.807) is 36.4 Å². The van der Waals surface area contributed by atoms with E-state index < -0.39 is 18.5 Å². The maximum absolute atomic E-state index is 11.9. The number of benzene rings is 2. The van der Waals surface area contributed by atoms with Crippen LogP contribution in [0.5, 0.6) is 0 Å². The van der Waals surface area contributed by atoms with Crippen LogP contribution in [0.1, 0.15) is 27.6 Å². The molecule has 25 heavy (non-hydrogen) atoms. The van der Waals surface area contributed by atoms with Crippen molar-refractivity contribution >= 4 is 35.1 Å². The topological polar surface area (TPSA) is 84.5 Å². The van der Waals surface area contributed by atoms with E-state index in [0.717, 1.165) is 0 Å². The first-order chi connectivity index (χ1) is 12.0. The van der Waals surface area contributed by atoms with Crippen molar-refractivity contribution in [2.45, 2.75) is 6.92 Å². The van der Waals surface area contributed by atoms with Gasteiger partial charge < -0.3 is 15.4 Å². The lowest BCUT2D eigenvalue weighted by Crippen LogP contribution is -2.23. The van der Waals surface area contributed by atoms with Crippen molar-refractivity contribution in [1.29, 1.82) is 0 Å². The maximum Gasteiger partial charge on any atom is 0.338 e. The highest BCUT2D eigenvalue weighted by atomic mass is 35.5. The summed E-state index contributed by atoms with van der Waals surface area (Å²) in [7, 11) is 0. The van der Waals surface area contributed by atoms with Gasteiger partial charge in [0, 0.05) is 22.8 Å². The second kappa shape index (κ2) is 8.84. The highest BCUT2D eigenvalue weighted by Crippen LogP contribution is 2.12. The molecule has 2 aromatic rings. The zero-order chi connectivity index (χ0) is 18.2. The number of nitrogens with one attached hydrogen (secondary N) is 2. The van der Waals surface area contributed by atoms with E-state index in [9.17, 15) is 14.4 Å². The number of carbonyl (C=O) groups is 3. The van der Waals surface area contributed by atoms with Crippen molar-refractivity contribution in [2.24, 2.45) is 0 Å². The number of carbonyl (C=O) groups excluding carboxylic acids is 3. The summed E-state index contributed by atoms with van der Waals surface area (Å²) in [4.78, 5) is 35.5. The first-order valence-corrected chi connectivity index (χ1v) is 7.98. The summed E-state index contributed by atoms with van der Waals surface area (Å²) < 4.78 is 4.94. The van der Waals surface area contributed by atoms with Crippen LogP contribution in [0.3, 0.4) is 0 Å². The number of halogens is 1. The monoisotopic (exact) mass is 360 g/mol. The first-order valence-electron chi connectivity index (χ1n) is 7.60. The molecule has 0 aliphatic rings. The van der Waals surface area contributed by atoms with E-state index in [-0.39, 0.29) is 5.91 Å². The van der Waals surface area contributed by atoms with Crippen molar-refractivity contribution in [1.82, 2.24) is 5.32 Å². The molecule has 0 radical (unpaired) electrons. The van der Waals surface area contributed by atoms with Crippen LogP contribution in [0.4, 0.5) is 5.69 Å². The zero-order valence-corrected chi connectivity index (χ0v) is 14.3. The van der Waals surface area contributed by atoms with Crippen LogP contribution >= 0.6 is 11.6 Å². The summed E-state index contributed by atoms with van der Waals surface area (Å²) in [6, 6.07) is 12.6. The number of rotatable bonds is 6. The third-order valence-electron chi connectivity index (χ3n) is 3.16. The van der Waals surface area contributed by atoms with E-state index in [4.69, 9.17) is 16.3 Å². The van der Waals surface area contributed by atoms with Gasteiger partial charge in [0.1, 0.15) is 0 Å². The predicted molar refractivity (Wildman–Crippen MR) is 94.8 cm³/mol. The molecule has 0 saturated carbocycles. The van der Waals surface area contributed by atoms with E-state index in [1.165, 1.54) is 12.1 Å². The number of hydrogen-bond donors (Lipinski definition) is 2. The molecule has 2 amide bonds. The minimum atomic E-state index is -0.622. The molecule has 0 unspecified atom stereocenters. The van der Waals surface area contributed by atoms with Gasteiger partial charge in [0.15, 0.2) is 6.61 Å². The summed E-state index contributed by atoms with van der Waals surface area (Å²) in [5.74, 6) is -1.36. The molecule has 130 valence electrons. The van der Waals surface area contributed by atoms with Crippen molar-refractivity contribution in [3.8, 4) is 0 Å². The summed E-state index contributed by atoms with van der Waals surface area (Å²) in [5, 5.41) is 5.75. The normalized spacial score (nSPS) is 10.0. The van der Waals surface area contributed by atoms with Crippen LogP contribution in [-0.4, -0.2) is 30.9 Å². The van der Waals surface area contributed by atoms with Gasteiger partial charge in [-0.25, -0.2) is 4.79 Å². The SMILES string of the molecule is CCNC(=O)c1cccc(NC(=O)COC(=O)c2ccc(Cl)cc2)c1. The number of amides is 2. The third-order valence-corrected chi connectivity index (χ3v) is 3.41. The molecule has 0 aromatic heterocycles. The highest BCUT2D eigenvalue weighted by Gasteiger charge is 2.11. The molecule has 0 atom stereocenters. The van der Waals surface area contributed by atoms with Crippen LogP contribution in [-0.2, 0) is 9.53 Å². The quantitative estimate of drug-likeness (QED) is 0.776.